The van der Waals surface area contributed by atoms with Crippen molar-refractivity contribution < 1.29 is 22.7 Å². The number of anilines is 1. The second kappa shape index (κ2) is 9.32. The summed E-state index contributed by atoms with van der Waals surface area (Å²) in [7, 11) is -3.94. The Bertz CT molecular complexity index is 1210. The molecule has 2 N–H and O–H groups in total. The van der Waals surface area contributed by atoms with E-state index in [0.29, 0.717) is 31.3 Å². The first-order valence-corrected chi connectivity index (χ1v) is 11.8. The van der Waals surface area contributed by atoms with E-state index < -0.39 is 10.0 Å². The molecule has 0 fully saturated rings. The van der Waals surface area contributed by atoms with Crippen LogP contribution in [-0.4, -0.2) is 34.1 Å². The van der Waals surface area contributed by atoms with Gasteiger partial charge in [0.05, 0.1) is 16.1 Å². The number of hydrogen-bond donors (Lipinski definition) is 2. The van der Waals surface area contributed by atoms with Crippen molar-refractivity contribution in [2.45, 2.75) is 17.7 Å². The molecule has 4 rings (SSSR count). The highest BCUT2D eigenvalue weighted by Crippen LogP contribution is 2.33. The van der Waals surface area contributed by atoms with E-state index in [0.717, 1.165) is 5.56 Å². The fourth-order valence-corrected chi connectivity index (χ4v) is 4.50. The van der Waals surface area contributed by atoms with Gasteiger partial charge in [-0.15, -0.1) is 0 Å². The fraction of sp³-hybridized carbons (Fsp3) is 0.208. The van der Waals surface area contributed by atoms with Gasteiger partial charge in [0.25, 0.3) is 15.9 Å². The van der Waals surface area contributed by atoms with Crippen LogP contribution in [0.1, 0.15) is 28.8 Å². The Hall–Kier alpha value is -3.52. The zero-order valence-corrected chi connectivity index (χ0v) is 18.4. The summed E-state index contributed by atoms with van der Waals surface area (Å²) in [4.78, 5) is 12.9. The molecule has 1 amide bonds. The molecule has 0 radical (unpaired) electrons. The van der Waals surface area contributed by atoms with Crippen molar-refractivity contribution in [1.82, 2.24) is 5.32 Å². The Morgan fingerprint density at radius 2 is 1.62 bits per heavy atom. The van der Waals surface area contributed by atoms with Crippen LogP contribution in [0.2, 0.25) is 0 Å². The molecule has 8 heteroatoms. The molecule has 32 heavy (non-hydrogen) atoms. The summed E-state index contributed by atoms with van der Waals surface area (Å²) < 4.78 is 39.4. The Kier molecular flexibility index (Phi) is 6.32. The summed E-state index contributed by atoms with van der Waals surface area (Å²) in [5, 5.41) is 2.89. The van der Waals surface area contributed by atoms with Crippen LogP contribution in [0.4, 0.5) is 5.69 Å². The highest BCUT2D eigenvalue weighted by atomic mass is 32.2. The number of hydrogen-bond acceptors (Lipinski definition) is 5. The van der Waals surface area contributed by atoms with Gasteiger partial charge in [0.1, 0.15) is 13.2 Å². The van der Waals surface area contributed by atoms with Gasteiger partial charge in [0, 0.05) is 12.6 Å². The maximum atomic E-state index is 13.0. The topological polar surface area (TPSA) is 93.7 Å². The van der Waals surface area contributed by atoms with Crippen LogP contribution in [0.5, 0.6) is 11.5 Å². The van der Waals surface area contributed by atoms with Gasteiger partial charge in [-0.2, -0.15) is 0 Å². The number of carbonyl (C=O) groups excluding carboxylic acids is 1. The largest absolute Gasteiger partial charge is 0.486 e. The Morgan fingerprint density at radius 3 is 2.41 bits per heavy atom. The minimum absolute atomic E-state index is 0.0228. The van der Waals surface area contributed by atoms with E-state index in [1.807, 2.05) is 37.3 Å². The number of ether oxygens (including phenoxy) is 2. The van der Waals surface area contributed by atoms with Crippen LogP contribution < -0.4 is 19.5 Å². The van der Waals surface area contributed by atoms with Gasteiger partial charge in [0.15, 0.2) is 11.5 Å². The normalized spacial score (nSPS) is 13.8. The molecular formula is C24H24N2O5S. The smallest absolute Gasteiger partial charge is 0.262 e. The average Bonchev–Trinajstić information content (AvgIpc) is 2.82. The molecular weight excluding hydrogens is 428 g/mol. The molecule has 3 aromatic carbocycles. The molecule has 1 heterocycles. The van der Waals surface area contributed by atoms with Gasteiger partial charge in [-0.25, -0.2) is 8.42 Å². The molecule has 1 atom stereocenters. The van der Waals surface area contributed by atoms with Crippen molar-refractivity contribution in [3.05, 3.63) is 83.9 Å². The van der Waals surface area contributed by atoms with Crippen LogP contribution >= 0.6 is 0 Å². The number of rotatable bonds is 7. The van der Waals surface area contributed by atoms with Crippen molar-refractivity contribution >= 4 is 21.6 Å². The first kappa shape index (κ1) is 21.7. The lowest BCUT2D eigenvalue weighted by Crippen LogP contribution is -2.28. The molecule has 0 aromatic heterocycles. The third-order valence-corrected chi connectivity index (χ3v) is 6.54. The third-order valence-electron chi connectivity index (χ3n) is 5.18. The second-order valence-corrected chi connectivity index (χ2v) is 9.16. The van der Waals surface area contributed by atoms with Gasteiger partial charge in [0.2, 0.25) is 0 Å². The molecule has 1 aliphatic heterocycles. The Morgan fingerprint density at radius 1 is 0.938 bits per heavy atom. The zero-order chi connectivity index (χ0) is 22.6. The monoisotopic (exact) mass is 452 g/mol. The Labute approximate surface area is 187 Å². The van der Waals surface area contributed by atoms with Crippen LogP contribution in [-0.2, 0) is 10.0 Å². The van der Waals surface area contributed by atoms with Crippen LogP contribution in [0.15, 0.2) is 77.7 Å². The van der Waals surface area contributed by atoms with Gasteiger partial charge < -0.3 is 14.8 Å². The first-order chi connectivity index (χ1) is 15.4. The minimum atomic E-state index is -3.94. The second-order valence-electron chi connectivity index (χ2n) is 7.48. The molecule has 0 saturated carbocycles. The summed E-state index contributed by atoms with van der Waals surface area (Å²) in [6, 6.07) is 20.8. The van der Waals surface area contributed by atoms with Gasteiger partial charge in [-0.1, -0.05) is 49.4 Å². The first-order valence-electron chi connectivity index (χ1n) is 10.3. The van der Waals surface area contributed by atoms with Crippen molar-refractivity contribution in [2.75, 3.05) is 24.5 Å². The predicted octanol–water partition coefficient (Wildman–Crippen LogP) is 3.79. The third kappa shape index (κ3) is 4.86. The summed E-state index contributed by atoms with van der Waals surface area (Å²) in [6.45, 7) is 3.22. The number of carbonyl (C=O) groups is 1. The molecule has 0 saturated heterocycles. The lowest BCUT2D eigenvalue weighted by atomic mass is 10.0. The van der Waals surface area contributed by atoms with Crippen LogP contribution in [0.25, 0.3) is 0 Å². The average molecular weight is 453 g/mol. The number of para-hydroxylation sites is 1. The Balaban J connectivity index is 1.50. The quantitative estimate of drug-likeness (QED) is 0.569. The van der Waals surface area contributed by atoms with E-state index in [1.54, 1.807) is 30.3 Å². The van der Waals surface area contributed by atoms with E-state index in [9.17, 15) is 13.2 Å². The maximum Gasteiger partial charge on any atom is 0.262 e. The molecule has 3 aromatic rings. The van der Waals surface area contributed by atoms with Crippen molar-refractivity contribution in [3.63, 3.8) is 0 Å². The van der Waals surface area contributed by atoms with E-state index in [2.05, 4.69) is 10.0 Å². The highest BCUT2D eigenvalue weighted by molar-refractivity contribution is 7.92. The number of nitrogens with one attached hydrogen (secondary N) is 2. The standard InChI is InChI=1S/C24H24N2O5S/c1-17(18-7-3-2-4-8-18)16-25-24(27)20-9-5-6-10-21(20)26-32(28,29)19-11-12-22-23(15-19)31-14-13-30-22/h2-12,15,17,26H,13-14,16H2,1H3,(H,25,27)/t17-/m0/s1. The lowest BCUT2D eigenvalue weighted by Gasteiger charge is -2.19. The molecule has 0 bridgehead atoms. The van der Waals surface area contributed by atoms with E-state index >= 15 is 0 Å². The maximum absolute atomic E-state index is 13.0. The number of benzene rings is 3. The SMILES string of the molecule is C[C@@H](CNC(=O)c1ccccc1NS(=O)(=O)c1ccc2c(c1)OCCO2)c1ccccc1. The molecule has 0 aliphatic carbocycles. The fourth-order valence-electron chi connectivity index (χ4n) is 3.41. The number of sulfonamides is 1. The van der Waals surface area contributed by atoms with Crippen LogP contribution in [0, 0.1) is 0 Å². The molecule has 1 aliphatic rings. The number of amides is 1. The molecule has 0 unspecified atom stereocenters. The summed E-state index contributed by atoms with van der Waals surface area (Å²) >= 11 is 0. The summed E-state index contributed by atoms with van der Waals surface area (Å²) in [6.07, 6.45) is 0. The van der Waals surface area contributed by atoms with Crippen LogP contribution in [0.3, 0.4) is 0 Å². The van der Waals surface area contributed by atoms with E-state index in [-0.39, 0.29) is 28.0 Å². The van der Waals surface area contributed by atoms with Crippen molar-refractivity contribution in [2.24, 2.45) is 0 Å². The lowest BCUT2D eigenvalue weighted by molar-refractivity contribution is 0.0952. The van der Waals surface area contributed by atoms with Gasteiger partial charge in [-0.3, -0.25) is 9.52 Å². The predicted molar refractivity (Wildman–Crippen MR) is 122 cm³/mol. The molecule has 166 valence electrons. The minimum Gasteiger partial charge on any atom is -0.486 e. The summed E-state index contributed by atoms with van der Waals surface area (Å²) in [5.41, 5.74) is 1.56. The number of fused-ring (bicyclic) bond motifs is 1. The highest BCUT2D eigenvalue weighted by Gasteiger charge is 2.22. The van der Waals surface area contributed by atoms with Gasteiger partial charge in [-0.05, 0) is 35.7 Å². The van der Waals surface area contributed by atoms with Gasteiger partial charge >= 0.3 is 0 Å². The van der Waals surface area contributed by atoms with Crippen molar-refractivity contribution in [1.29, 1.82) is 0 Å². The van der Waals surface area contributed by atoms with Crippen molar-refractivity contribution in [3.8, 4) is 11.5 Å². The van der Waals surface area contributed by atoms with E-state index in [1.165, 1.54) is 12.1 Å². The zero-order valence-electron chi connectivity index (χ0n) is 17.6. The molecule has 0 spiro atoms. The summed E-state index contributed by atoms with van der Waals surface area (Å²) in [5.74, 6) is 0.637. The van der Waals surface area contributed by atoms with E-state index in [4.69, 9.17) is 9.47 Å². The molecule has 7 nitrogen and oxygen atoms in total.